The highest BCUT2D eigenvalue weighted by Crippen LogP contribution is 2.36. The van der Waals surface area contributed by atoms with Crippen molar-refractivity contribution in [2.45, 2.75) is 13.0 Å². The lowest BCUT2D eigenvalue weighted by Crippen LogP contribution is -2.40. The Bertz CT molecular complexity index is 2060. The lowest BCUT2D eigenvalue weighted by Gasteiger charge is -2.26. The fourth-order valence-corrected chi connectivity index (χ4v) is 6.21. The van der Waals surface area contributed by atoms with Crippen LogP contribution in [-0.4, -0.2) is 24.3 Å². The molecule has 0 saturated carbocycles. The molecule has 0 N–H and O–H groups in total. The maximum absolute atomic E-state index is 14.1. The number of ether oxygens (including phenoxy) is 2. The maximum Gasteiger partial charge on any atom is 0.338 e. The van der Waals surface area contributed by atoms with Crippen molar-refractivity contribution >= 4 is 52.3 Å². The van der Waals surface area contributed by atoms with Crippen molar-refractivity contribution in [2.24, 2.45) is 4.99 Å². The van der Waals surface area contributed by atoms with Gasteiger partial charge in [-0.15, -0.1) is 0 Å². The molecule has 2 aromatic heterocycles. The summed E-state index contributed by atoms with van der Waals surface area (Å²) in [7, 11) is 1.57. The number of benzene rings is 3. The summed E-state index contributed by atoms with van der Waals surface area (Å²) in [5.41, 5.74) is 2.55. The average Bonchev–Trinajstić information content (AvgIpc) is 3.62. The Kier molecular flexibility index (Phi) is 8.08. The van der Waals surface area contributed by atoms with Gasteiger partial charge in [0.25, 0.3) is 5.56 Å². The Morgan fingerprint density at radius 3 is 2.56 bits per heavy atom. The molecule has 0 fully saturated rings. The first-order chi connectivity index (χ1) is 20.9. The Labute approximate surface area is 260 Å². The number of thiazole rings is 1. The van der Waals surface area contributed by atoms with Gasteiger partial charge in [0.1, 0.15) is 17.3 Å². The zero-order valence-corrected chi connectivity index (χ0v) is 25.4. The van der Waals surface area contributed by atoms with E-state index in [9.17, 15) is 9.59 Å². The van der Waals surface area contributed by atoms with Crippen LogP contribution >= 0.6 is 34.5 Å². The third-order valence-corrected chi connectivity index (χ3v) is 8.61. The normalized spacial score (nSPS) is 14.8. The van der Waals surface area contributed by atoms with E-state index in [1.807, 2.05) is 48.5 Å². The molecule has 1 atom stereocenters. The molecule has 5 aromatic rings. The highest BCUT2D eigenvalue weighted by Gasteiger charge is 2.35. The number of esters is 1. The summed E-state index contributed by atoms with van der Waals surface area (Å²) in [6.45, 7) is 1.91. The van der Waals surface area contributed by atoms with Crippen LogP contribution in [0.15, 0.2) is 105 Å². The summed E-state index contributed by atoms with van der Waals surface area (Å²) in [6, 6.07) is 24.7. The van der Waals surface area contributed by atoms with Crippen molar-refractivity contribution in [1.29, 1.82) is 0 Å². The smallest absolute Gasteiger partial charge is 0.338 e. The molecule has 0 spiro atoms. The minimum atomic E-state index is -0.814. The second-order valence-corrected chi connectivity index (χ2v) is 11.4. The number of methoxy groups -OCH3 is 1. The molecule has 6 rings (SSSR count). The number of hydrogen-bond donors (Lipinski definition) is 0. The predicted molar refractivity (Wildman–Crippen MR) is 168 cm³/mol. The number of furan rings is 1. The number of carbonyl (C=O) groups is 1. The number of nitrogens with zero attached hydrogens (tertiary/aromatic N) is 2. The van der Waals surface area contributed by atoms with Gasteiger partial charge in [-0.25, -0.2) is 9.79 Å². The highest BCUT2D eigenvalue weighted by atomic mass is 35.5. The number of rotatable bonds is 7. The molecule has 0 radical (unpaired) electrons. The van der Waals surface area contributed by atoms with E-state index < -0.39 is 12.0 Å². The van der Waals surface area contributed by atoms with E-state index in [1.54, 1.807) is 56.5 Å². The highest BCUT2D eigenvalue weighted by molar-refractivity contribution is 7.07. The SMILES string of the molecule is CCOC(=O)C1=C(c2ccccc2)N=c2s/c(=C\c3ccc(-c4ccc(Cl)c(Cl)c4)o3)c(=O)n2[C@@H]1c1cccc(OC)c1. The lowest BCUT2D eigenvalue weighted by atomic mass is 9.93. The number of aromatic nitrogens is 1. The molecule has 1 aliphatic heterocycles. The first-order valence-electron chi connectivity index (χ1n) is 13.4. The van der Waals surface area contributed by atoms with Gasteiger partial charge in [-0.3, -0.25) is 9.36 Å². The monoisotopic (exact) mass is 630 g/mol. The van der Waals surface area contributed by atoms with Gasteiger partial charge in [0.05, 0.1) is 45.6 Å². The maximum atomic E-state index is 14.1. The number of halogens is 2. The van der Waals surface area contributed by atoms with Crippen molar-refractivity contribution in [1.82, 2.24) is 4.57 Å². The Hall–Kier alpha value is -4.37. The fourth-order valence-electron chi connectivity index (χ4n) is 4.93. The van der Waals surface area contributed by atoms with Crippen LogP contribution in [0.25, 0.3) is 23.1 Å². The van der Waals surface area contributed by atoms with Crippen molar-refractivity contribution in [3.8, 4) is 17.1 Å². The standard InChI is InChI=1S/C33H24Cl2N2O5S/c1-3-41-32(39)28-29(19-8-5-4-6-9-19)36-33-37(30(28)21-10-7-11-22(16-21)40-2)31(38)27(43-33)18-23-13-15-26(42-23)20-12-14-24(34)25(35)17-20/h4-18,30H,3H2,1-2H3/b27-18-/t30-/m1/s1. The number of fused-ring (bicyclic) bond motifs is 1. The van der Waals surface area contributed by atoms with Crippen LogP contribution in [0.5, 0.6) is 5.75 Å². The molecule has 0 amide bonds. The number of hydrogen-bond acceptors (Lipinski definition) is 7. The fraction of sp³-hybridized carbons (Fsp3) is 0.121. The third kappa shape index (κ3) is 5.57. The lowest BCUT2D eigenvalue weighted by molar-refractivity contribution is -0.138. The van der Waals surface area contributed by atoms with Crippen molar-refractivity contribution in [2.75, 3.05) is 13.7 Å². The summed E-state index contributed by atoms with van der Waals surface area (Å²) in [6.07, 6.45) is 1.67. The van der Waals surface area contributed by atoms with E-state index in [-0.39, 0.29) is 17.7 Å². The molecule has 7 nitrogen and oxygen atoms in total. The molecule has 0 bridgehead atoms. The molecular weight excluding hydrogens is 607 g/mol. The van der Waals surface area contributed by atoms with Gasteiger partial charge >= 0.3 is 5.97 Å². The second kappa shape index (κ2) is 12.1. The van der Waals surface area contributed by atoms with E-state index in [0.717, 1.165) is 11.1 Å². The molecule has 0 aliphatic carbocycles. The minimum Gasteiger partial charge on any atom is -0.497 e. The van der Waals surface area contributed by atoms with E-state index in [4.69, 9.17) is 42.1 Å². The second-order valence-electron chi connectivity index (χ2n) is 9.54. The molecule has 43 heavy (non-hydrogen) atoms. The average molecular weight is 632 g/mol. The van der Waals surface area contributed by atoms with Crippen LogP contribution in [0.2, 0.25) is 10.0 Å². The molecule has 10 heteroatoms. The predicted octanol–water partition coefficient (Wildman–Crippen LogP) is 6.51. The topological polar surface area (TPSA) is 83.0 Å². The summed E-state index contributed by atoms with van der Waals surface area (Å²) in [5, 5.41) is 0.857. The van der Waals surface area contributed by atoms with Gasteiger partial charge in [-0.05, 0) is 55.0 Å². The minimum absolute atomic E-state index is 0.166. The summed E-state index contributed by atoms with van der Waals surface area (Å²) >= 11 is 13.5. The van der Waals surface area contributed by atoms with Crippen LogP contribution in [-0.2, 0) is 9.53 Å². The Balaban J connectivity index is 1.56. The Morgan fingerprint density at radius 1 is 1.00 bits per heavy atom. The first kappa shape index (κ1) is 28.7. The van der Waals surface area contributed by atoms with Crippen LogP contribution in [0, 0.1) is 0 Å². The molecular formula is C33H24Cl2N2O5S. The first-order valence-corrected chi connectivity index (χ1v) is 14.9. The van der Waals surface area contributed by atoms with Gasteiger partial charge in [0.15, 0.2) is 4.80 Å². The van der Waals surface area contributed by atoms with Crippen molar-refractivity contribution in [3.63, 3.8) is 0 Å². The molecule has 3 heterocycles. The zero-order valence-electron chi connectivity index (χ0n) is 23.0. The molecule has 1 aliphatic rings. The summed E-state index contributed by atoms with van der Waals surface area (Å²) in [5.74, 6) is 1.08. The van der Waals surface area contributed by atoms with Crippen LogP contribution < -0.4 is 19.6 Å². The van der Waals surface area contributed by atoms with E-state index in [2.05, 4.69) is 0 Å². The van der Waals surface area contributed by atoms with Gasteiger partial charge in [0.2, 0.25) is 0 Å². The van der Waals surface area contributed by atoms with E-state index >= 15 is 0 Å². The number of carbonyl (C=O) groups excluding carboxylic acids is 1. The van der Waals surface area contributed by atoms with Crippen molar-refractivity contribution in [3.05, 3.63) is 137 Å². The molecule has 216 valence electrons. The van der Waals surface area contributed by atoms with E-state index in [0.29, 0.717) is 47.9 Å². The summed E-state index contributed by atoms with van der Waals surface area (Å²) < 4.78 is 19.0. The molecule has 3 aromatic carbocycles. The van der Waals surface area contributed by atoms with Crippen LogP contribution in [0.1, 0.15) is 29.9 Å². The zero-order chi connectivity index (χ0) is 30.1. The van der Waals surface area contributed by atoms with Crippen molar-refractivity contribution < 1.29 is 18.7 Å². The Morgan fingerprint density at radius 2 is 1.81 bits per heavy atom. The van der Waals surface area contributed by atoms with Crippen LogP contribution in [0.4, 0.5) is 0 Å². The van der Waals surface area contributed by atoms with Crippen LogP contribution in [0.3, 0.4) is 0 Å². The quantitative estimate of drug-likeness (QED) is 0.191. The van der Waals surface area contributed by atoms with E-state index in [1.165, 1.54) is 15.9 Å². The van der Waals surface area contributed by atoms with Gasteiger partial charge < -0.3 is 13.9 Å². The molecule has 0 unspecified atom stereocenters. The largest absolute Gasteiger partial charge is 0.497 e. The third-order valence-electron chi connectivity index (χ3n) is 6.89. The summed E-state index contributed by atoms with van der Waals surface area (Å²) in [4.78, 5) is 33.0. The van der Waals surface area contributed by atoms with Gasteiger partial charge in [-0.2, -0.15) is 0 Å². The van der Waals surface area contributed by atoms with Gasteiger partial charge in [0, 0.05) is 17.2 Å². The molecule has 0 saturated heterocycles. The van der Waals surface area contributed by atoms with Gasteiger partial charge in [-0.1, -0.05) is 77.0 Å².